The molecule has 1 rings (SSSR count). The quantitative estimate of drug-likeness (QED) is 0.765. The van der Waals surface area contributed by atoms with Gasteiger partial charge in [0.2, 0.25) is 0 Å². The molecule has 0 aliphatic heterocycles. The largest absolute Gasteiger partial charge is 0.344 e. The summed E-state index contributed by atoms with van der Waals surface area (Å²) in [5, 5.41) is 4.19. The average molecular weight is 300 g/mol. The van der Waals surface area contributed by atoms with Crippen LogP contribution in [0.25, 0.3) is 0 Å². The fourth-order valence-electron chi connectivity index (χ4n) is 2.74. The molecule has 0 aliphatic rings. The van der Waals surface area contributed by atoms with Gasteiger partial charge in [0.25, 0.3) is 0 Å². The number of imidazole rings is 1. The topological polar surface area (TPSA) is 40.7 Å². The Morgan fingerprint density at radius 3 is 2.40 bits per heavy atom. The van der Waals surface area contributed by atoms with E-state index in [4.69, 9.17) is 11.6 Å². The molecule has 0 bridgehead atoms. The molecule has 0 saturated carbocycles. The molecule has 0 amide bonds. The van der Waals surface area contributed by atoms with Gasteiger partial charge in [0.15, 0.2) is 5.15 Å². The second-order valence-electron chi connectivity index (χ2n) is 7.53. The molecular weight excluding hydrogens is 270 g/mol. The van der Waals surface area contributed by atoms with E-state index in [0.29, 0.717) is 10.6 Å². The number of aromatic amines is 1. The van der Waals surface area contributed by atoms with Crippen molar-refractivity contribution in [3.8, 4) is 0 Å². The van der Waals surface area contributed by atoms with Crippen molar-refractivity contribution < 1.29 is 0 Å². The molecule has 1 heterocycles. The number of aryl methyl sites for hydroxylation is 1. The molecule has 1 aromatic rings. The van der Waals surface area contributed by atoms with E-state index in [1.807, 2.05) is 0 Å². The predicted octanol–water partition coefficient (Wildman–Crippen LogP) is 4.71. The summed E-state index contributed by atoms with van der Waals surface area (Å²) >= 11 is 6.20. The second kappa shape index (κ2) is 6.95. The number of hydrogen-bond acceptors (Lipinski definition) is 2. The van der Waals surface area contributed by atoms with Gasteiger partial charge in [-0.3, -0.25) is 0 Å². The number of halogens is 1. The zero-order valence-electron chi connectivity index (χ0n) is 13.9. The molecule has 4 heteroatoms. The van der Waals surface area contributed by atoms with Crippen molar-refractivity contribution in [3.63, 3.8) is 0 Å². The van der Waals surface area contributed by atoms with Crippen LogP contribution in [-0.4, -0.2) is 15.5 Å². The van der Waals surface area contributed by atoms with Crippen LogP contribution in [0.15, 0.2) is 0 Å². The Morgan fingerprint density at radius 1 is 1.20 bits per heavy atom. The lowest BCUT2D eigenvalue weighted by molar-refractivity contribution is 0.240. The first-order chi connectivity index (χ1) is 9.13. The first-order valence-corrected chi connectivity index (χ1v) is 7.99. The van der Waals surface area contributed by atoms with Crippen molar-refractivity contribution in [1.82, 2.24) is 15.3 Å². The Hall–Kier alpha value is -0.540. The van der Waals surface area contributed by atoms with Crippen molar-refractivity contribution in [3.05, 3.63) is 16.7 Å². The number of H-pyrrole nitrogens is 1. The van der Waals surface area contributed by atoms with Crippen molar-refractivity contribution in [1.29, 1.82) is 0 Å². The van der Waals surface area contributed by atoms with E-state index in [1.165, 1.54) is 6.42 Å². The van der Waals surface area contributed by atoms with Gasteiger partial charge in [0, 0.05) is 18.5 Å². The van der Waals surface area contributed by atoms with Gasteiger partial charge in [-0.15, -0.1) is 0 Å². The van der Waals surface area contributed by atoms with Gasteiger partial charge in [-0.05, 0) is 32.1 Å². The third-order valence-electron chi connectivity index (χ3n) is 3.26. The lowest BCUT2D eigenvalue weighted by Gasteiger charge is -2.33. The maximum atomic E-state index is 6.20. The maximum Gasteiger partial charge on any atom is 0.151 e. The third kappa shape index (κ3) is 6.27. The fraction of sp³-hybridized carbons (Fsp3) is 0.812. The Balaban J connectivity index is 2.58. The predicted molar refractivity (Wildman–Crippen MR) is 87.2 cm³/mol. The lowest BCUT2D eigenvalue weighted by Crippen LogP contribution is -2.41. The minimum Gasteiger partial charge on any atom is -0.344 e. The molecule has 2 N–H and O–H groups in total. The van der Waals surface area contributed by atoms with E-state index in [2.05, 4.69) is 56.8 Å². The normalized spacial score (nSPS) is 12.9. The highest BCUT2D eigenvalue weighted by molar-refractivity contribution is 6.30. The summed E-state index contributed by atoms with van der Waals surface area (Å²) in [5.41, 5.74) is 1.39. The third-order valence-corrected chi connectivity index (χ3v) is 3.57. The number of aromatic nitrogens is 2. The molecule has 0 aromatic carbocycles. The standard InChI is InChI=1S/C16H30ClN3/c1-7-8-9-13-19-12(14(17)20-13)10-18-16(5,6)11-15(2,3)4/h18H,7-11H2,1-6H3,(H,19,20). The Morgan fingerprint density at radius 2 is 1.85 bits per heavy atom. The molecule has 0 fully saturated rings. The van der Waals surface area contributed by atoms with Gasteiger partial charge in [0.1, 0.15) is 5.82 Å². The summed E-state index contributed by atoms with van der Waals surface area (Å²) in [6.07, 6.45) is 4.40. The lowest BCUT2D eigenvalue weighted by atomic mass is 9.82. The molecule has 20 heavy (non-hydrogen) atoms. The molecule has 0 unspecified atom stereocenters. The monoisotopic (exact) mass is 299 g/mol. The molecule has 0 radical (unpaired) electrons. The van der Waals surface area contributed by atoms with Crippen molar-refractivity contribution in [2.24, 2.45) is 5.41 Å². The first-order valence-electron chi connectivity index (χ1n) is 7.61. The number of unbranched alkanes of at least 4 members (excludes halogenated alkanes) is 1. The smallest absolute Gasteiger partial charge is 0.151 e. The summed E-state index contributed by atoms with van der Waals surface area (Å²) in [6, 6.07) is 0. The molecule has 3 nitrogen and oxygen atoms in total. The number of nitrogens with zero attached hydrogens (tertiary/aromatic N) is 1. The molecule has 1 aromatic heterocycles. The van der Waals surface area contributed by atoms with E-state index in [-0.39, 0.29) is 5.54 Å². The van der Waals surface area contributed by atoms with Crippen LogP contribution in [0.1, 0.15) is 72.3 Å². The van der Waals surface area contributed by atoms with Crippen LogP contribution in [0.4, 0.5) is 0 Å². The highest BCUT2D eigenvalue weighted by atomic mass is 35.5. The van der Waals surface area contributed by atoms with Crippen LogP contribution in [0.5, 0.6) is 0 Å². The van der Waals surface area contributed by atoms with Crippen LogP contribution < -0.4 is 5.32 Å². The number of hydrogen-bond donors (Lipinski definition) is 2. The van der Waals surface area contributed by atoms with E-state index in [0.717, 1.165) is 37.3 Å². The van der Waals surface area contributed by atoms with E-state index in [9.17, 15) is 0 Å². The van der Waals surface area contributed by atoms with Gasteiger partial charge >= 0.3 is 0 Å². The van der Waals surface area contributed by atoms with Crippen LogP contribution in [0.2, 0.25) is 5.15 Å². The highest BCUT2D eigenvalue weighted by Crippen LogP contribution is 2.27. The highest BCUT2D eigenvalue weighted by Gasteiger charge is 2.25. The van der Waals surface area contributed by atoms with Crippen molar-refractivity contribution in [2.75, 3.05) is 0 Å². The summed E-state index contributed by atoms with van der Waals surface area (Å²) in [4.78, 5) is 7.74. The van der Waals surface area contributed by atoms with Crippen LogP contribution in [0, 0.1) is 5.41 Å². The van der Waals surface area contributed by atoms with Gasteiger partial charge in [-0.1, -0.05) is 45.7 Å². The Labute approximate surface area is 128 Å². The van der Waals surface area contributed by atoms with E-state index in [1.54, 1.807) is 0 Å². The number of nitrogens with one attached hydrogen (secondary N) is 2. The van der Waals surface area contributed by atoms with Gasteiger partial charge in [-0.25, -0.2) is 4.98 Å². The molecule has 0 spiro atoms. The minimum atomic E-state index is 0.0796. The SMILES string of the molecule is CCCCc1nc(Cl)c(CNC(C)(C)CC(C)(C)C)[nH]1. The minimum absolute atomic E-state index is 0.0796. The average Bonchev–Trinajstić information content (AvgIpc) is 2.61. The van der Waals surface area contributed by atoms with E-state index < -0.39 is 0 Å². The van der Waals surface area contributed by atoms with Crippen molar-refractivity contribution in [2.45, 2.75) is 79.3 Å². The first kappa shape index (κ1) is 17.5. The molecule has 116 valence electrons. The van der Waals surface area contributed by atoms with Crippen LogP contribution >= 0.6 is 11.6 Å². The molecule has 0 saturated heterocycles. The zero-order valence-corrected chi connectivity index (χ0v) is 14.6. The zero-order chi connectivity index (χ0) is 15.4. The number of rotatable bonds is 7. The summed E-state index contributed by atoms with van der Waals surface area (Å²) < 4.78 is 0. The Kier molecular flexibility index (Phi) is 6.08. The van der Waals surface area contributed by atoms with Crippen LogP contribution in [0.3, 0.4) is 0 Å². The molecule has 0 aliphatic carbocycles. The second-order valence-corrected chi connectivity index (χ2v) is 7.89. The van der Waals surface area contributed by atoms with Gasteiger partial charge in [-0.2, -0.15) is 0 Å². The summed E-state index contributed by atoms with van der Waals surface area (Å²) in [5.74, 6) is 1.00. The maximum absolute atomic E-state index is 6.20. The summed E-state index contributed by atoms with van der Waals surface area (Å²) in [6.45, 7) is 14.2. The fourth-order valence-corrected chi connectivity index (χ4v) is 2.95. The Bertz CT molecular complexity index is 416. The van der Waals surface area contributed by atoms with Gasteiger partial charge < -0.3 is 10.3 Å². The van der Waals surface area contributed by atoms with E-state index >= 15 is 0 Å². The summed E-state index contributed by atoms with van der Waals surface area (Å²) in [7, 11) is 0. The molecule has 0 atom stereocenters. The van der Waals surface area contributed by atoms with Crippen molar-refractivity contribution >= 4 is 11.6 Å². The molecular formula is C16H30ClN3. The van der Waals surface area contributed by atoms with Gasteiger partial charge in [0.05, 0.1) is 5.69 Å². The van der Waals surface area contributed by atoms with Crippen LogP contribution in [-0.2, 0) is 13.0 Å².